The van der Waals surface area contributed by atoms with Crippen molar-refractivity contribution in [1.29, 1.82) is 0 Å². The van der Waals surface area contributed by atoms with E-state index in [1.54, 1.807) is 0 Å². The molecular formula is C16H15F2NO2. The van der Waals surface area contributed by atoms with E-state index in [2.05, 4.69) is 11.9 Å². The second-order valence-corrected chi connectivity index (χ2v) is 5.71. The molecule has 0 aliphatic heterocycles. The number of hydrogen-bond donors (Lipinski definition) is 1. The zero-order valence-electron chi connectivity index (χ0n) is 11.8. The van der Waals surface area contributed by atoms with Crippen LogP contribution in [-0.2, 0) is 6.42 Å². The van der Waals surface area contributed by atoms with Crippen molar-refractivity contribution >= 4 is 16.9 Å². The molecular weight excluding hydrogens is 276 g/mol. The van der Waals surface area contributed by atoms with E-state index in [9.17, 15) is 18.7 Å². The van der Waals surface area contributed by atoms with Crippen LogP contribution in [0.25, 0.3) is 10.9 Å². The Morgan fingerprint density at radius 1 is 1.29 bits per heavy atom. The van der Waals surface area contributed by atoms with Gasteiger partial charge in [-0.2, -0.15) is 0 Å². The lowest BCUT2D eigenvalue weighted by Crippen LogP contribution is -2.21. The van der Waals surface area contributed by atoms with Gasteiger partial charge in [0.05, 0.1) is 10.9 Å². The van der Waals surface area contributed by atoms with E-state index in [0.717, 1.165) is 18.6 Å². The first kappa shape index (κ1) is 13.9. The monoisotopic (exact) mass is 291 g/mol. The number of benzene rings is 1. The maximum Gasteiger partial charge on any atom is 0.336 e. The van der Waals surface area contributed by atoms with Crippen molar-refractivity contribution < 1.29 is 18.7 Å². The fraction of sp³-hybridized carbons (Fsp3) is 0.375. The van der Waals surface area contributed by atoms with E-state index < -0.39 is 17.6 Å². The molecule has 2 atom stereocenters. The summed E-state index contributed by atoms with van der Waals surface area (Å²) in [5, 5.41) is 9.27. The molecule has 0 radical (unpaired) electrons. The summed E-state index contributed by atoms with van der Waals surface area (Å²) in [4.78, 5) is 15.9. The second kappa shape index (κ2) is 4.76. The molecule has 0 amide bonds. The van der Waals surface area contributed by atoms with Gasteiger partial charge in [0, 0.05) is 11.6 Å². The lowest BCUT2D eigenvalue weighted by Gasteiger charge is -2.29. The minimum Gasteiger partial charge on any atom is -0.478 e. The van der Waals surface area contributed by atoms with Crippen molar-refractivity contribution in [2.45, 2.75) is 32.6 Å². The normalized spacial score (nSPS) is 21.3. The quantitative estimate of drug-likeness (QED) is 0.867. The number of carboxylic acid groups (broad SMARTS) is 1. The largest absolute Gasteiger partial charge is 0.478 e. The van der Waals surface area contributed by atoms with Gasteiger partial charge in [0.1, 0.15) is 17.2 Å². The molecule has 110 valence electrons. The van der Waals surface area contributed by atoms with Crippen molar-refractivity contribution in [3.05, 3.63) is 40.6 Å². The number of carboxylic acids is 1. The molecule has 0 bridgehead atoms. The average molecular weight is 291 g/mol. The number of aromatic carboxylic acids is 1. The summed E-state index contributed by atoms with van der Waals surface area (Å²) in [6.07, 6.45) is 1.35. The summed E-state index contributed by atoms with van der Waals surface area (Å²) < 4.78 is 28.0. The van der Waals surface area contributed by atoms with Gasteiger partial charge in [-0.05, 0) is 36.5 Å². The summed E-state index contributed by atoms with van der Waals surface area (Å²) in [6.45, 7) is 4.01. The van der Waals surface area contributed by atoms with E-state index >= 15 is 0 Å². The number of halogens is 2. The molecule has 0 saturated carbocycles. The van der Waals surface area contributed by atoms with Gasteiger partial charge in [0.25, 0.3) is 0 Å². The fourth-order valence-electron chi connectivity index (χ4n) is 3.11. The molecule has 1 heterocycles. The number of hydrogen-bond acceptors (Lipinski definition) is 2. The van der Waals surface area contributed by atoms with Crippen LogP contribution in [-0.4, -0.2) is 16.1 Å². The third-order valence-electron chi connectivity index (χ3n) is 4.52. The lowest BCUT2D eigenvalue weighted by molar-refractivity contribution is 0.0696. The zero-order valence-corrected chi connectivity index (χ0v) is 11.8. The van der Waals surface area contributed by atoms with Gasteiger partial charge in [-0.1, -0.05) is 13.8 Å². The Balaban J connectivity index is 2.48. The Hall–Kier alpha value is -2.04. The van der Waals surface area contributed by atoms with Gasteiger partial charge in [-0.15, -0.1) is 0 Å². The number of rotatable bonds is 1. The molecule has 1 aromatic carbocycles. The number of pyridine rings is 1. The smallest absolute Gasteiger partial charge is 0.336 e. The van der Waals surface area contributed by atoms with E-state index in [1.165, 1.54) is 0 Å². The molecule has 3 nitrogen and oxygen atoms in total. The molecule has 2 aromatic rings. The van der Waals surface area contributed by atoms with Crippen LogP contribution in [0.5, 0.6) is 0 Å². The summed E-state index contributed by atoms with van der Waals surface area (Å²) in [7, 11) is 0. The molecule has 2 unspecified atom stereocenters. The van der Waals surface area contributed by atoms with E-state index in [4.69, 9.17) is 0 Å². The predicted octanol–water partition coefficient (Wildman–Crippen LogP) is 3.90. The Morgan fingerprint density at radius 3 is 2.62 bits per heavy atom. The van der Waals surface area contributed by atoms with Crippen LogP contribution in [0, 0.1) is 17.6 Å². The van der Waals surface area contributed by atoms with Crippen LogP contribution in [0.2, 0.25) is 0 Å². The maximum absolute atomic E-state index is 14.1. The Labute approximate surface area is 120 Å². The van der Waals surface area contributed by atoms with Gasteiger partial charge >= 0.3 is 5.97 Å². The van der Waals surface area contributed by atoms with Gasteiger partial charge in [0.2, 0.25) is 0 Å². The standard InChI is InChI=1S/C16H15F2NO2/c1-7-3-4-9-12(16(20)21)13-10(17)5-6-11(18)15(13)19-14(9)8(7)2/h5-8H,3-4H2,1-2H3,(H,20,21). The molecule has 3 rings (SSSR count). The van der Waals surface area contributed by atoms with Crippen molar-refractivity contribution in [2.75, 3.05) is 0 Å². The van der Waals surface area contributed by atoms with Crippen molar-refractivity contribution in [2.24, 2.45) is 5.92 Å². The lowest BCUT2D eigenvalue weighted by atomic mass is 9.77. The minimum absolute atomic E-state index is 0.0268. The first-order valence-electron chi connectivity index (χ1n) is 6.95. The van der Waals surface area contributed by atoms with Crippen LogP contribution in [0.1, 0.15) is 47.8 Å². The van der Waals surface area contributed by atoms with Gasteiger partial charge in [-0.3, -0.25) is 0 Å². The van der Waals surface area contributed by atoms with Gasteiger partial charge < -0.3 is 5.11 Å². The Bertz CT molecular complexity index is 758. The van der Waals surface area contributed by atoms with Crippen LogP contribution >= 0.6 is 0 Å². The summed E-state index contributed by atoms with van der Waals surface area (Å²) in [6, 6.07) is 1.94. The SMILES string of the molecule is CC1CCc2c(nc3c(F)ccc(F)c3c2C(=O)O)C1C. The summed E-state index contributed by atoms with van der Waals surface area (Å²) in [5.74, 6) is -2.31. The van der Waals surface area contributed by atoms with E-state index in [0.29, 0.717) is 23.6 Å². The van der Waals surface area contributed by atoms with Crippen LogP contribution in [0.3, 0.4) is 0 Å². The van der Waals surface area contributed by atoms with Crippen molar-refractivity contribution in [3.8, 4) is 0 Å². The second-order valence-electron chi connectivity index (χ2n) is 5.71. The van der Waals surface area contributed by atoms with E-state index in [1.807, 2.05) is 6.92 Å². The molecule has 0 fully saturated rings. The molecule has 1 aliphatic rings. The van der Waals surface area contributed by atoms with Crippen LogP contribution in [0.4, 0.5) is 8.78 Å². The third-order valence-corrected chi connectivity index (χ3v) is 4.52. The molecule has 1 aliphatic carbocycles. The fourth-order valence-corrected chi connectivity index (χ4v) is 3.11. The van der Waals surface area contributed by atoms with Gasteiger partial charge in [0.15, 0.2) is 0 Å². The van der Waals surface area contributed by atoms with E-state index in [-0.39, 0.29) is 22.4 Å². The highest BCUT2D eigenvalue weighted by Gasteiger charge is 2.31. The van der Waals surface area contributed by atoms with Crippen LogP contribution < -0.4 is 0 Å². The highest BCUT2D eigenvalue weighted by Crippen LogP contribution is 2.39. The van der Waals surface area contributed by atoms with Crippen molar-refractivity contribution in [1.82, 2.24) is 4.98 Å². The summed E-state index contributed by atoms with van der Waals surface area (Å²) >= 11 is 0. The van der Waals surface area contributed by atoms with Crippen molar-refractivity contribution in [3.63, 3.8) is 0 Å². The summed E-state index contributed by atoms with van der Waals surface area (Å²) in [5.41, 5.74) is 0.811. The zero-order chi connectivity index (χ0) is 15.3. The minimum atomic E-state index is -1.23. The average Bonchev–Trinajstić information content (AvgIpc) is 2.45. The number of aromatic nitrogens is 1. The predicted molar refractivity (Wildman–Crippen MR) is 74.5 cm³/mol. The Kier molecular flexibility index (Phi) is 3.15. The third kappa shape index (κ3) is 1.99. The molecule has 1 aromatic heterocycles. The topological polar surface area (TPSA) is 50.2 Å². The molecule has 0 spiro atoms. The molecule has 0 saturated heterocycles. The number of fused-ring (bicyclic) bond motifs is 2. The Morgan fingerprint density at radius 2 is 1.95 bits per heavy atom. The molecule has 1 N–H and O–H groups in total. The van der Waals surface area contributed by atoms with Gasteiger partial charge in [-0.25, -0.2) is 18.6 Å². The highest BCUT2D eigenvalue weighted by molar-refractivity contribution is 6.04. The molecule has 21 heavy (non-hydrogen) atoms. The number of nitrogens with zero attached hydrogens (tertiary/aromatic N) is 1. The highest BCUT2D eigenvalue weighted by atomic mass is 19.1. The first-order chi connectivity index (χ1) is 9.91. The maximum atomic E-state index is 14.1. The number of carbonyl (C=O) groups is 1. The van der Waals surface area contributed by atoms with Crippen LogP contribution in [0.15, 0.2) is 12.1 Å². The first-order valence-corrected chi connectivity index (χ1v) is 6.95. The molecule has 5 heteroatoms.